The third-order valence-corrected chi connectivity index (χ3v) is 4.48. The summed E-state index contributed by atoms with van der Waals surface area (Å²) in [6.07, 6.45) is 3.81. The van der Waals surface area contributed by atoms with Gasteiger partial charge in [-0.25, -0.2) is 4.98 Å². The van der Waals surface area contributed by atoms with Crippen LogP contribution in [-0.2, 0) is 11.2 Å². The molecule has 1 saturated heterocycles. The fourth-order valence-corrected chi connectivity index (χ4v) is 3.25. The number of pyridine rings is 1. The van der Waals surface area contributed by atoms with E-state index >= 15 is 0 Å². The van der Waals surface area contributed by atoms with E-state index in [2.05, 4.69) is 11.1 Å². The number of thiazole rings is 1. The maximum absolute atomic E-state index is 11.4. The molecule has 1 fully saturated rings. The molecule has 0 aliphatic carbocycles. The van der Waals surface area contributed by atoms with Crippen LogP contribution in [-0.4, -0.2) is 33.9 Å². The highest BCUT2D eigenvalue weighted by Gasteiger charge is 2.24. The molecule has 2 aromatic rings. The molecule has 20 heavy (non-hydrogen) atoms. The summed E-state index contributed by atoms with van der Waals surface area (Å²) in [6, 6.07) is 6.10. The molecule has 3 rings (SSSR count). The van der Waals surface area contributed by atoms with Crippen LogP contribution in [0.3, 0.4) is 0 Å². The Hall–Kier alpha value is -1.75. The first-order valence-corrected chi connectivity index (χ1v) is 7.71. The Labute approximate surface area is 122 Å². The van der Waals surface area contributed by atoms with Crippen molar-refractivity contribution < 1.29 is 4.79 Å². The van der Waals surface area contributed by atoms with Crippen molar-refractivity contribution in [2.24, 2.45) is 5.92 Å². The zero-order valence-corrected chi connectivity index (χ0v) is 12.3. The van der Waals surface area contributed by atoms with Gasteiger partial charge in [-0.15, -0.1) is 11.3 Å². The highest BCUT2D eigenvalue weighted by Crippen LogP contribution is 2.23. The van der Waals surface area contributed by atoms with Gasteiger partial charge in [0.2, 0.25) is 5.91 Å². The number of likely N-dealkylation sites (tertiary alicyclic amines) is 1. The van der Waals surface area contributed by atoms with Crippen LogP contribution in [0.4, 0.5) is 0 Å². The van der Waals surface area contributed by atoms with E-state index in [0.29, 0.717) is 5.92 Å². The molecule has 0 spiro atoms. The summed E-state index contributed by atoms with van der Waals surface area (Å²) in [5, 5.41) is 2.93. The smallest absolute Gasteiger partial charge is 0.219 e. The van der Waals surface area contributed by atoms with Crippen molar-refractivity contribution >= 4 is 17.2 Å². The average Bonchev–Trinajstić information content (AvgIpc) is 3.10. The van der Waals surface area contributed by atoms with E-state index < -0.39 is 0 Å². The Morgan fingerprint density at radius 2 is 2.40 bits per heavy atom. The molecule has 0 unspecified atom stereocenters. The highest BCUT2D eigenvalue weighted by molar-refractivity contribution is 7.13. The molecule has 0 aromatic carbocycles. The van der Waals surface area contributed by atoms with Crippen molar-refractivity contribution in [3.8, 4) is 10.7 Å². The summed E-state index contributed by atoms with van der Waals surface area (Å²) in [7, 11) is 0. The standard InChI is InChI=1S/C15H17N3OS/c1-11(19)18-7-5-12(10-18)9-13-3-2-4-14(17-13)15-16-6-8-20-15/h2-4,6,8,12H,5,7,9-10H2,1H3/t12-/m0/s1. The second-order valence-electron chi connectivity index (χ2n) is 5.18. The zero-order chi connectivity index (χ0) is 13.9. The van der Waals surface area contributed by atoms with E-state index in [1.54, 1.807) is 24.5 Å². The molecule has 2 aromatic heterocycles. The molecule has 0 radical (unpaired) electrons. The molecular formula is C15H17N3OS. The molecule has 1 atom stereocenters. The first-order chi connectivity index (χ1) is 9.72. The van der Waals surface area contributed by atoms with Gasteiger partial charge in [-0.3, -0.25) is 9.78 Å². The van der Waals surface area contributed by atoms with Crippen LogP contribution in [0.1, 0.15) is 19.0 Å². The number of hydrogen-bond donors (Lipinski definition) is 0. The van der Waals surface area contributed by atoms with Crippen molar-refractivity contribution in [3.63, 3.8) is 0 Å². The number of hydrogen-bond acceptors (Lipinski definition) is 4. The Balaban J connectivity index is 1.70. The van der Waals surface area contributed by atoms with Crippen molar-refractivity contribution in [1.82, 2.24) is 14.9 Å². The minimum Gasteiger partial charge on any atom is -0.343 e. The molecule has 1 amide bonds. The number of rotatable bonds is 3. The SMILES string of the molecule is CC(=O)N1CC[C@@H](Cc2cccc(-c3nccs3)n2)C1. The van der Waals surface area contributed by atoms with Crippen LogP contribution >= 0.6 is 11.3 Å². The lowest BCUT2D eigenvalue weighted by molar-refractivity contribution is -0.127. The first kappa shape index (κ1) is 13.2. The first-order valence-electron chi connectivity index (χ1n) is 6.83. The summed E-state index contributed by atoms with van der Waals surface area (Å²) < 4.78 is 0. The molecule has 0 saturated carbocycles. The lowest BCUT2D eigenvalue weighted by Crippen LogP contribution is -2.26. The molecule has 5 heteroatoms. The van der Waals surface area contributed by atoms with Gasteiger partial charge in [-0.2, -0.15) is 0 Å². The Morgan fingerprint density at radius 3 is 3.10 bits per heavy atom. The summed E-state index contributed by atoms with van der Waals surface area (Å²) in [5.74, 6) is 0.704. The largest absolute Gasteiger partial charge is 0.343 e. The van der Waals surface area contributed by atoms with E-state index in [9.17, 15) is 4.79 Å². The maximum atomic E-state index is 11.4. The Morgan fingerprint density at radius 1 is 1.50 bits per heavy atom. The van der Waals surface area contributed by atoms with Crippen molar-refractivity contribution in [2.75, 3.05) is 13.1 Å². The van der Waals surface area contributed by atoms with E-state index in [0.717, 1.165) is 42.3 Å². The van der Waals surface area contributed by atoms with Crippen molar-refractivity contribution in [3.05, 3.63) is 35.5 Å². The molecule has 3 heterocycles. The topological polar surface area (TPSA) is 46.1 Å². The van der Waals surface area contributed by atoms with Crippen LogP contribution in [0.25, 0.3) is 10.7 Å². The predicted octanol–water partition coefficient (Wildman–Crippen LogP) is 2.62. The van der Waals surface area contributed by atoms with E-state index in [-0.39, 0.29) is 5.91 Å². The fraction of sp³-hybridized carbons (Fsp3) is 0.400. The second-order valence-corrected chi connectivity index (χ2v) is 6.07. The van der Waals surface area contributed by atoms with Gasteiger partial charge in [0.05, 0.1) is 5.69 Å². The normalized spacial score (nSPS) is 18.4. The predicted molar refractivity (Wildman–Crippen MR) is 79.4 cm³/mol. The summed E-state index contributed by atoms with van der Waals surface area (Å²) in [5.41, 5.74) is 2.03. The third kappa shape index (κ3) is 2.88. The van der Waals surface area contributed by atoms with Crippen LogP contribution < -0.4 is 0 Å². The maximum Gasteiger partial charge on any atom is 0.219 e. The quantitative estimate of drug-likeness (QED) is 0.871. The van der Waals surface area contributed by atoms with Gasteiger partial charge in [-0.1, -0.05) is 6.07 Å². The van der Waals surface area contributed by atoms with Gasteiger partial charge in [0, 0.05) is 37.3 Å². The van der Waals surface area contributed by atoms with Gasteiger partial charge in [0.1, 0.15) is 5.01 Å². The molecule has 0 N–H and O–H groups in total. The molecular weight excluding hydrogens is 270 g/mol. The van der Waals surface area contributed by atoms with Crippen LogP contribution in [0.2, 0.25) is 0 Å². The number of aromatic nitrogens is 2. The Bertz CT molecular complexity index is 597. The van der Waals surface area contributed by atoms with Crippen LogP contribution in [0.15, 0.2) is 29.8 Å². The van der Waals surface area contributed by atoms with Gasteiger partial charge >= 0.3 is 0 Å². The minimum atomic E-state index is 0.178. The molecule has 0 bridgehead atoms. The summed E-state index contributed by atoms with van der Waals surface area (Å²) >= 11 is 1.61. The number of amides is 1. The Kier molecular flexibility index (Phi) is 3.78. The average molecular weight is 287 g/mol. The zero-order valence-electron chi connectivity index (χ0n) is 11.5. The summed E-state index contributed by atoms with van der Waals surface area (Å²) in [4.78, 5) is 22.3. The third-order valence-electron chi connectivity index (χ3n) is 3.69. The lowest BCUT2D eigenvalue weighted by atomic mass is 10.0. The van der Waals surface area contributed by atoms with Gasteiger partial charge < -0.3 is 4.90 Å². The number of carbonyl (C=O) groups is 1. The monoisotopic (exact) mass is 287 g/mol. The molecule has 1 aliphatic rings. The van der Waals surface area contributed by atoms with Crippen LogP contribution in [0.5, 0.6) is 0 Å². The summed E-state index contributed by atoms with van der Waals surface area (Å²) in [6.45, 7) is 3.38. The second kappa shape index (κ2) is 5.71. The molecule has 104 valence electrons. The van der Waals surface area contributed by atoms with E-state index in [1.807, 2.05) is 22.4 Å². The van der Waals surface area contributed by atoms with Crippen LogP contribution in [0, 0.1) is 5.92 Å². The molecule has 1 aliphatic heterocycles. The minimum absolute atomic E-state index is 0.178. The van der Waals surface area contributed by atoms with Crippen molar-refractivity contribution in [2.45, 2.75) is 19.8 Å². The van der Waals surface area contributed by atoms with Gasteiger partial charge in [0.25, 0.3) is 0 Å². The van der Waals surface area contributed by atoms with Crippen molar-refractivity contribution in [1.29, 1.82) is 0 Å². The lowest BCUT2D eigenvalue weighted by Gasteiger charge is -2.13. The fourth-order valence-electron chi connectivity index (χ4n) is 2.64. The highest BCUT2D eigenvalue weighted by atomic mass is 32.1. The number of carbonyl (C=O) groups excluding carboxylic acids is 1. The molecule has 4 nitrogen and oxygen atoms in total. The van der Waals surface area contributed by atoms with E-state index in [4.69, 9.17) is 4.98 Å². The van der Waals surface area contributed by atoms with E-state index in [1.165, 1.54) is 0 Å². The van der Waals surface area contributed by atoms with Gasteiger partial charge in [-0.05, 0) is 30.9 Å². The van der Waals surface area contributed by atoms with Gasteiger partial charge in [0.15, 0.2) is 0 Å². The number of nitrogens with zero attached hydrogens (tertiary/aromatic N) is 3.